The Balaban J connectivity index is 1.26. The van der Waals surface area contributed by atoms with Gasteiger partial charge in [-0.05, 0) is 52.9 Å². The summed E-state index contributed by atoms with van der Waals surface area (Å²) in [7, 11) is 0. The fraction of sp³-hybridized carbons (Fsp3) is 0.188. The molecule has 1 saturated heterocycles. The maximum absolute atomic E-state index is 13.9. The van der Waals surface area contributed by atoms with E-state index in [1.807, 2.05) is 48.7 Å². The molecule has 0 radical (unpaired) electrons. The van der Waals surface area contributed by atoms with Gasteiger partial charge < -0.3 is 10.2 Å². The van der Waals surface area contributed by atoms with E-state index in [9.17, 15) is 4.79 Å². The van der Waals surface area contributed by atoms with Crippen LogP contribution >= 0.6 is 0 Å². The summed E-state index contributed by atoms with van der Waals surface area (Å²) in [5.74, 6) is 0.110. The van der Waals surface area contributed by atoms with E-state index >= 15 is 0 Å². The number of hydrogen-bond acceptors (Lipinski definition) is 3. The number of nitrogens with zero attached hydrogens (tertiary/aromatic N) is 2. The Morgan fingerprint density at radius 3 is 2.47 bits per heavy atom. The molecule has 2 heterocycles. The molecule has 1 aliphatic rings. The maximum Gasteiger partial charge on any atom is 0.254 e. The minimum atomic E-state index is 0.0260. The minimum Gasteiger partial charge on any atom is -0.331 e. The maximum atomic E-state index is 13.9. The van der Waals surface area contributed by atoms with E-state index in [-0.39, 0.29) is 11.9 Å². The molecule has 36 heavy (non-hydrogen) atoms. The number of amides is 1. The van der Waals surface area contributed by atoms with E-state index in [0.29, 0.717) is 6.04 Å². The molecule has 1 N–H and O–H groups in total. The predicted molar refractivity (Wildman–Crippen MR) is 146 cm³/mol. The van der Waals surface area contributed by atoms with Crippen molar-refractivity contribution >= 4 is 27.6 Å². The molecule has 4 nitrogen and oxygen atoms in total. The van der Waals surface area contributed by atoms with Crippen molar-refractivity contribution in [2.24, 2.45) is 0 Å². The minimum absolute atomic E-state index is 0.0260. The summed E-state index contributed by atoms with van der Waals surface area (Å²) in [5, 5.41) is 7.10. The molecule has 6 rings (SSSR count). The van der Waals surface area contributed by atoms with Gasteiger partial charge >= 0.3 is 0 Å². The standard InChI is InChI=1S/C32H29N3O/c36-32(29-15-8-12-23-9-4-5-13-27(23)29)35-20-18-26(21-31(35)24-10-2-1-3-11-24)34-22-25-17-19-33-30-16-7-6-14-28(25)30/h1-17,19,26,31,34H,18,20-22H2. The Morgan fingerprint density at radius 2 is 1.58 bits per heavy atom. The molecule has 0 aliphatic carbocycles. The molecule has 4 aromatic carbocycles. The molecule has 4 heteroatoms. The Hall–Kier alpha value is -4.02. The van der Waals surface area contributed by atoms with Crippen molar-refractivity contribution in [2.75, 3.05) is 6.54 Å². The summed E-state index contributed by atoms with van der Waals surface area (Å²) in [6.45, 7) is 1.50. The van der Waals surface area contributed by atoms with Gasteiger partial charge in [-0.25, -0.2) is 0 Å². The second-order valence-corrected chi connectivity index (χ2v) is 9.54. The SMILES string of the molecule is O=C(c1cccc2ccccc12)N1CCC(NCc2ccnc3ccccc23)CC1c1ccccc1. The molecule has 2 unspecified atom stereocenters. The molecular formula is C32H29N3O. The number of hydrogen-bond donors (Lipinski definition) is 1. The number of carbonyl (C=O) groups is 1. The van der Waals surface area contributed by atoms with Crippen LogP contribution in [0.25, 0.3) is 21.7 Å². The van der Waals surface area contributed by atoms with Crippen molar-refractivity contribution in [3.8, 4) is 0 Å². The van der Waals surface area contributed by atoms with Gasteiger partial charge in [-0.15, -0.1) is 0 Å². The number of likely N-dealkylation sites (tertiary alicyclic amines) is 1. The normalized spacial score (nSPS) is 17.9. The van der Waals surface area contributed by atoms with Crippen molar-refractivity contribution in [1.29, 1.82) is 0 Å². The smallest absolute Gasteiger partial charge is 0.254 e. The van der Waals surface area contributed by atoms with Crippen LogP contribution in [0, 0.1) is 0 Å². The number of piperidine rings is 1. The number of pyridine rings is 1. The average molecular weight is 472 g/mol. The third-order valence-electron chi connectivity index (χ3n) is 7.39. The average Bonchev–Trinajstić information content (AvgIpc) is 2.95. The number of benzene rings is 4. The predicted octanol–water partition coefficient (Wildman–Crippen LogP) is 6.52. The zero-order valence-corrected chi connectivity index (χ0v) is 20.2. The number of carbonyl (C=O) groups excluding carboxylic acids is 1. The van der Waals surface area contributed by atoms with Crippen LogP contribution in [0.15, 0.2) is 109 Å². The summed E-state index contributed by atoms with van der Waals surface area (Å²) >= 11 is 0. The first-order valence-corrected chi connectivity index (χ1v) is 12.7. The highest BCUT2D eigenvalue weighted by molar-refractivity contribution is 6.07. The number of nitrogens with one attached hydrogen (secondary N) is 1. The van der Waals surface area contributed by atoms with Crippen LogP contribution in [0.4, 0.5) is 0 Å². The highest BCUT2D eigenvalue weighted by Crippen LogP contribution is 2.34. The van der Waals surface area contributed by atoms with Crippen molar-refractivity contribution in [2.45, 2.75) is 31.5 Å². The first-order chi connectivity index (χ1) is 17.8. The molecule has 0 spiro atoms. The number of aromatic nitrogens is 1. The van der Waals surface area contributed by atoms with Gasteiger partial charge in [-0.2, -0.15) is 0 Å². The van der Waals surface area contributed by atoms with E-state index in [0.717, 1.165) is 47.8 Å². The zero-order chi connectivity index (χ0) is 24.3. The van der Waals surface area contributed by atoms with Gasteiger partial charge in [-0.3, -0.25) is 9.78 Å². The molecule has 5 aromatic rings. The fourth-order valence-electron chi connectivity index (χ4n) is 5.52. The van der Waals surface area contributed by atoms with Gasteiger partial charge in [0.15, 0.2) is 0 Å². The first kappa shape index (κ1) is 22.4. The molecule has 1 fully saturated rings. The third-order valence-corrected chi connectivity index (χ3v) is 7.39. The number of rotatable bonds is 5. The van der Waals surface area contributed by atoms with Gasteiger partial charge in [0, 0.05) is 36.3 Å². The lowest BCUT2D eigenvalue weighted by atomic mass is 9.90. The van der Waals surface area contributed by atoms with Gasteiger partial charge in [0.05, 0.1) is 11.6 Å². The van der Waals surface area contributed by atoms with E-state index in [1.54, 1.807) is 0 Å². The van der Waals surface area contributed by atoms with Crippen LogP contribution in [-0.4, -0.2) is 28.4 Å². The number of para-hydroxylation sites is 1. The largest absolute Gasteiger partial charge is 0.331 e. The van der Waals surface area contributed by atoms with E-state index in [1.165, 1.54) is 16.5 Å². The summed E-state index contributed by atoms with van der Waals surface area (Å²) < 4.78 is 0. The van der Waals surface area contributed by atoms with Crippen LogP contribution in [0.3, 0.4) is 0 Å². The summed E-state index contributed by atoms with van der Waals surface area (Å²) in [5.41, 5.74) is 4.25. The molecule has 2 atom stereocenters. The zero-order valence-electron chi connectivity index (χ0n) is 20.2. The van der Waals surface area contributed by atoms with E-state index in [2.05, 4.69) is 75.9 Å². The molecule has 1 aromatic heterocycles. The molecule has 0 saturated carbocycles. The van der Waals surface area contributed by atoms with Gasteiger partial charge in [0.25, 0.3) is 5.91 Å². The Labute approximate surface area is 211 Å². The molecule has 178 valence electrons. The second kappa shape index (κ2) is 9.92. The summed E-state index contributed by atoms with van der Waals surface area (Å²) in [6, 6.07) is 35.4. The third kappa shape index (κ3) is 4.36. The fourth-order valence-corrected chi connectivity index (χ4v) is 5.52. The van der Waals surface area contributed by atoms with Gasteiger partial charge in [-0.1, -0.05) is 84.9 Å². The monoisotopic (exact) mass is 471 g/mol. The van der Waals surface area contributed by atoms with Gasteiger partial charge in [0.2, 0.25) is 0 Å². The lowest BCUT2D eigenvalue weighted by Gasteiger charge is -2.40. The summed E-state index contributed by atoms with van der Waals surface area (Å²) in [4.78, 5) is 20.5. The highest BCUT2D eigenvalue weighted by atomic mass is 16.2. The van der Waals surface area contributed by atoms with E-state index < -0.39 is 0 Å². The van der Waals surface area contributed by atoms with Gasteiger partial charge in [0.1, 0.15) is 0 Å². The van der Waals surface area contributed by atoms with Crippen molar-refractivity contribution in [3.05, 3.63) is 126 Å². The van der Waals surface area contributed by atoms with Crippen LogP contribution in [0.2, 0.25) is 0 Å². The molecule has 1 amide bonds. The Morgan fingerprint density at radius 1 is 0.833 bits per heavy atom. The molecule has 0 bridgehead atoms. The highest BCUT2D eigenvalue weighted by Gasteiger charge is 2.33. The number of fused-ring (bicyclic) bond motifs is 2. The molecular weight excluding hydrogens is 442 g/mol. The quantitative estimate of drug-likeness (QED) is 0.317. The van der Waals surface area contributed by atoms with E-state index in [4.69, 9.17) is 0 Å². The lowest BCUT2D eigenvalue weighted by Crippen LogP contribution is -2.46. The van der Waals surface area contributed by atoms with Crippen molar-refractivity contribution < 1.29 is 4.79 Å². The topological polar surface area (TPSA) is 45.2 Å². The Bertz CT molecular complexity index is 1500. The second-order valence-electron chi connectivity index (χ2n) is 9.54. The summed E-state index contributed by atoms with van der Waals surface area (Å²) in [6.07, 6.45) is 3.68. The van der Waals surface area contributed by atoms with Crippen molar-refractivity contribution in [3.63, 3.8) is 0 Å². The Kier molecular flexibility index (Phi) is 6.18. The van der Waals surface area contributed by atoms with Crippen LogP contribution in [-0.2, 0) is 6.54 Å². The lowest BCUT2D eigenvalue weighted by molar-refractivity contribution is 0.0576. The van der Waals surface area contributed by atoms with Crippen LogP contribution < -0.4 is 5.32 Å². The molecule has 1 aliphatic heterocycles. The first-order valence-electron chi connectivity index (χ1n) is 12.7. The van der Waals surface area contributed by atoms with Crippen LogP contribution in [0.5, 0.6) is 0 Å². The van der Waals surface area contributed by atoms with Crippen LogP contribution in [0.1, 0.15) is 40.4 Å². The van der Waals surface area contributed by atoms with Crippen molar-refractivity contribution in [1.82, 2.24) is 15.2 Å².